The molecule has 4 aromatic rings. The molecule has 0 atom stereocenters. The van der Waals surface area contributed by atoms with Crippen molar-refractivity contribution in [3.05, 3.63) is 120 Å². The lowest BCUT2D eigenvalue weighted by atomic mass is 10.3. The van der Waals surface area contributed by atoms with Crippen LogP contribution in [0.2, 0.25) is 0 Å². The van der Waals surface area contributed by atoms with Crippen molar-refractivity contribution in [3.63, 3.8) is 0 Å². The smallest absolute Gasteiger partial charge is 0.0858 e. The molecule has 0 aromatic heterocycles. The van der Waals surface area contributed by atoms with Gasteiger partial charge in [-0.05, 0) is 72.8 Å². The Morgan fingerprint density at radius 2 is 0.812 bits per heavy atom. The Morgan fingerprint density at radius 1 is 0.469 bits per heavy atom. The van der Waals surface area contributed by atoms with Crippen molar-refractivity contribution in [2.45, 2.75) is 0 Å². The van der Waals surface area contributed by atoms with E-state index < -0.39 is 0 Å². The van der Waals surface area contributed by atoms with Crippen molar-refractivity contribution in [2.75, 3.05) is 21.2 Å². The molecule has 2 N–H and O–H groups in total. The highest BCUT2D eigenvalue weighted by molar-refractivity contribution is 5.60. The summed E-state index contributed by atoms with van der Waals surface area (Å²) < 4.78 is 0. The van der Waals surface area contributed by atoms with Crippen molar-refractivity contribution in [1.82, 2.24) is 0 Å². The first kappa shape index (κ1) is 20.9. The van der Waals surface area contributed by atoms with Gasteiger partial charge in [0.15, 0.2) is 0 Å². The number of rotatable bonds is 8. The Labute approximate surface area is 185 Å². The van der Waals surface area contributed by atoms with Gasteiger partial charge in [0.2, 0.25) is 0 Å². The quantitative estimate of drug-likeness (QED) is 0.239. The number of hydrogen-bond donors (Lipinski definition) is 2. The Balaban J connectivity index is 1.34. The van der Waals surface area contributed by atoms with Gasteiger partial charge in [-0.2, -0.15) is 10.2 Å². The number of azo groups is 1. The lowest BCUT2D eigenvalue weighted by molar-refractivity contribution is 1.16. The first-order valence-corrected chi connectivity index (χ1v) is 9.87. The highest BCUT2D eigenvalue weighted by atomic mass is 16.5. The third-order valence-corrected chi connectivity index (χ3v) is 4.46. The Kier molecular flexibility index (Phi) is 6.57. The van der Waals surface area contributed by atoms with E-state index in [-0.39, 0.29) is 0 Å². The SMILES string of the molecule is [O-]N(Nc1ccccc1)c1ccc(N=Nc2ccc(N([O-])Nc3ccccc3)cc2)cc1. The highest BCUT2D eigenvalue weighted by Crippen LogP contribution is 2.24. The number of hydrogen-bond acceptors (Lipinski definition) is 8. The fourth-order valence-corrected chi connectivity index (χ4v) is 2.81. The van der Waals surface area contributed by atoms with Crippen LogP contribution in [0.15, 0.2) is 119 Å². The summed E-state index contributed by atoms with van der Waals surface area (Å²) in [6.45, 7) is 0. The van der Waals surface area contributed by atoms with Gasteiger partial charge in [-0.25, -0.2) is 0 Å². The van der Waals surface area contributed by atoms with Gasteiger partial charge in [0.25, 0.3) is 0 Å². The van der Waals surface area contributed by atoms with Crippen LogP contribution in [0.1, 0.15) is 0 Å². The van der Waals surface area contributed by atoms with Gasteiger partial charge in [-0.1, -0.05) is 36.4 Å². The molecule has 8 heteroatoms. The van der Waals surface area contributed by atoms with Crippen molar-refractivity contribution in [3.8, 4) is 0 Å². The summed E-state index contributed by atoms with van der Waals surface area (Å²) in [5.74, 6) is 0. The summed E-state index contributed by atoms with van der Waals surface area (Å²) in [5.41, 5.74) is 8.99. The van der Waals surface area contributed by atoms with Gasteiger partial charge < -0.3 is 31.6 Å². The van der Waals surface area contributed by atoms with Crippen LogP contribution in [0.5, 0.6) is 0 Å². The normalized spacial score (nSPS) is 10.7. The van der Waals surface area contributed by atoms with Crippen LogP contribution in [0.25, 0.3) is 0 Å². The molecule has 0 saturated carbocycles. The number of benzene rings is 4. The predicted molar refractivity (Wildman–Crippen MR) is 129 cm³/mol. The molecule has 0 saturated heterocycles. The summed E-state index contributed by atoms with van der Waals surface area (Å²) in [5, 5.41) is 34.2. The molecule has 0 aliphatic carbocycles. The van der Waals surface area contributed by atoms with E-state index in [2.05, 4.69) is 21.1 Å². The lowest BCUT2D eigenvalue weighted by Crippen LogP contribution is -2.22. The van der Waals surface area contributed by atoms with Crippen LogP contribution in [0.4, 0.5) is 34.1 Å². The molecule has 0 amide bonds. The molecule has 0 aliphatic rings. The largest absolute Gasteiger partial charge is 0.739 e. The standard InChI is InChI=1S/C24H20N6O2/c31-29(27-21-7-3-1-4-8-21)23-15-11-19(12-16-23)25-26-20-13-17-24(18-14-20)30(32)28-22-9-5-2-6-10-22/h1-18,27-28H/q-2. The molecule has 0 radical (unpaired) electrons. The summed E-state index contributed by atoms with van der Waals surface area (Å²) in [6.07, 6.45) is 0. The average Bonchev–Trinajstić information content (AvgIpc) is 2.84. The number of para-hydroxylation sites is 2. The first-order chi connectivity index (χ1) is 15.7. The zero-order chi connectivity index (χ0) is 22.2. The zero-order valence-electron chi connectivity index (χ0n) is 17.0. The molecule has 160 valence electrons. The maximum atomic E-state index is 12.2. The Bertz CT molecular complexity index is 1040. The molecule has 0 spiro atoms. The maximum Gasteiger partial charge on any atom is 0.0858 e. The fourth-order valence-electron chi connectivity index (χ4n) is 2.81. The molecule has 32 heavy (non-hydrogen) atoms. The van der Waals surface area contributed by atoms with Crippen LogP contribution in [-0.2, 0) is 0 Å². The Hall–Kier alpha value is -4.40. The number of hydrazine groups is 2. The minimum Gasteiger partial charge on any atom is -0.739 e. The van der Waals surface area contributed by atoms with E-state index in [4.69, 9.17) is 0 Å². The van der Waals surface area contributed by atoms with Gasteiger partial charge in [0, 0.05) is 11.4 Å². The second-order valence-corrected chi connectivity index (χ2v) is 6.78. The third-order valence-electron chi connectivity index (χ3n) is 4.46. The molecule has 0 aliphatic heterocycles. The van der Waals surface area contributed by atoms with E-state index >= 15 is 0 Å². The van der Waals surface area contributed by atoms with Gasteiger partial charge in [0.1, 0.15) is 0 Å². The minimum atomic E-state index is 0.443. The molecular weight excluding hydrogens is 404 g/mol. The van der Waals surface area contributed by atoms with E-state index in [1.807, 2.05) is 60.7 Å². The number of nitrogens with one attached hydrogen (secondary N) is 2. The van der Waals surface area contributed by atoms with E-state index in [1.165, 1.54) is 0 Å². The summed E-state index contributed by atoms with van der Waals surface area (Å²) in [4.78, 5) is 0. The molecule has 4 aromatic carbocycles. The second kappa shape index (κ2) is 10.1. The molecule has 0 fully saturated rings. The summed E-state index contributed by atoms with van der Waals surface area (Å²) >= 11 is 0. The second-order valence-electron chi connectivity index (χ2n) is 6.78. The van der Waals surface area contributed by atoms with Crippen LogP contribution in [0, 0.1) is 10.4 Å². The van der Waals surface area contributed by atoms with Crippen molar-refractivity contribution >= 4 is 34.1 Å². The van der Waals surface area contributed by atoms with Crippen LogP contribution < -0.4 is 21.2 Å². The predicted octanol–water partition coefficient (Wildman–Crippen LogP) is 6.76. The molecule has 0 bridgehead atoms. The topological polar surface area (TPSA) is 101 Å². The average molecular weight is 424 g/mol. The number of nitrogens with zero attached hydrogens (tertiary/aromatic N) is 4. The van der Waals surface area contributed by atoms with Crippen LogP contribution in [0.3, 0.4) is 0 Å². The van der Waals surface area contributed by atoms with Crippen LogP contribution >= 0.6 is 0 Å². The maximum absolute atomic E-state index is 12.2. The van der Waals surface area contributed by atoms with Gasteiger partial charge >= 0.3 is 0 Å². The van der Waals surface area contributed by atoms with Crippen molar-refractivity contribution < 1.29 is 0 Å². The summed E-state index contributed by atoms with van der Waals surface area (Å²) in [7, 11) is 0. The molecule has 8 nitrogen and oxygen atoms in total. The molecular formula is C24H20N6O2-2. The lowest BCUT2D eigenvalue weighted by Gasteiger charge is -2.31. The monoisotopic (exact) mass is 424 g/mol. The first-order valence-electron chi connectivity index (χ1n) is 9.87. The van der Waals surface area contributed by atoms with E-state index in [0.29, 0.717) is 44.5 Å². The molecule has 0 heterocycles. The molecule has 4 rings (SSSR count). The fraction of sp³-hybridized carbons (Fsp3) is 0. The Morgan fingerprint density at radius 3 is 1.16 bits per heavy atom. The van der Waals surface area contributed by atoms with Gasteiger partial charge in [-0.15, -0.1) is 0 Å². The van der Waals surface area contributed by atoms with E-state index in [9.17, 15) is 10.4 Å². The van der Waals surface area contributed by atoms with Crippen molar-refractivity contribution in [1.29, 1.82) is 0 Å². The van der Waals surface area contributed by atoms with Gasteiger partial charge in [0.05, 0.1) is 22.7 Å². The highest BCUT2D eigenvalue weighted by Gasteiger charge is 1.99. The molecule has 0 unspecified atom stereocenters. The van der Waals surface area contributed by atoms with Gasteiger partial charge in [-0.3, -0.25) is 0 Å². The van der Waals surface area contributed by atoms with E-state index in [1.54, 1.807) is 48.5 Å². The summed E-state index contributed by atoms with van der Waals surface area (Å²) in [6, 6.07) is 31.8. The van der Waals surface area contributed by atoms with Crippen LogP contribution in [-0.4, -0.2) is 0 Å². The number of anilines is 4. The third kappa shape index (κ3) is 5.60. The minimum absolute atomic E-state index is 0.443. The van der Waals surface area contributed by atoms with Crippen molar-refractivity contribution in [2.24, 2.45) is 10.2 Å². The zero-order valence-corrected chi connectivity index (χ0v) is 17.0. The van der Waals surface area contributed by atoms with E-state index in [0.717, 1.165) is 0 Å².